The van der Waals surface area contributed by atoms with Gasteiger partial charge in [0.05, 0.1) is 23.0 Å². The molecule has 0 saturated heterocycles. The highest BCUT2D eigenvalue weighted by Crippen LogP contribution is 2.36. The van der Waals surface area contributed by atoms with Crippen LogP contribution in [0.25, 0.3) is 22.6 Å². The molecule has 27 heavy (non-hydrogen) atoms. The predicted octanol–water partition coefficient (Wildman–Crippen LogP) is 3.65. The number of nitrogens with zero attached hydrogens (tertiary/aromatic N) is 1. The molecule has 1 amide bonds. The first-order valence-corrected chi connectivity index (χ1v) is 9.37. The van der Waals surface area contributed by atoms with Crippen LogP contribution in [-0.4, -0.2) is 31.0 Å². The smallest absolute Gasteiger partial charge is 0.252 e. The summed E-state index contributed by atoms with van der Waals surface area (Å²) in [6.45, 7) is 1.33. The van der Waals surface area contributed by atoms with Crippen molar-refractivity contribution in [3.05, 3.63) is 65.2 Å². The van der Waals surface area contributed by atoms with E-state index in [0.29, 0.717) is 6.54 Å². The van der Waals surface area contributed by atoms with Gasteiger partial charge in [-0.25, -0.2) is 4.98 Å². The lowest BCUT2D eigenvalue weighted by atomic mass is 9.86. The Morgan fingerprint density at radius 3 is 2.89 bits per heavy atom. The average molecular weight is 361 g/mol. The minimum atomic E-state index is -0.0284. The summed E-state index contributed by atoms with van der Waals surface area (Å²) >= 11 is 0. The van der Waals surface area contributed by atoms with Gasteiger partial charge < -0.3 is 15.1 Å². The van der Waals surface area contributed by atoms with Crippen molar-refractivity contribution in [1.82, 2.24) is 15.6 Å². The summed E-state index contributed by atoms with van der Waals surface area (Å²) < 4.78 is 5.49. The van der Waals surface area contributed by atoms with E-state index in [1.165, 1.54) is 0 Å². The quantitative estimate of drug-likeness (QED) is 0.681. The number of likely N-dealkylation sites (N-methyl/N-ethyl adjacent to an activating group) is 1. The second kappa shape index (κ2) is 7.76. The number of rotatable bonds is 5. The summed E-state index contributed by atoms with van der Waals surface area (Å²) in [5.74, 6) is 0.784. The van der Waals surface area contributed by atoms with Gasteiger partial charge in [0.2, 0.25) is 0 Å². The molecule has 0 bridgehead atoms. The Labute approximate surface area is 158 Å². The number of amides is 1. The van der Waals surface area contributed by atoms with Crippen molar-refractivity contribution >= 4 is 28.5 Å². The normalized spacial score (nSPS) is 15.1. The first kappa shape index (κ1) is 17.5. The van der Waals surface area contributed by atoms with Crippen LogP contribution in [0.3, 0.4) is 0 Å². The molecule has 5 heteroatoms. The molecule has 2 heterocycles. The Bertz CT molecular complexity index is 990. The lowest BCUT2D eigenvalue weighted by Gasteiger charge is -2.22. The first-order chi connectivity index (χ1) is 13.3. The van der Waals surface area contributed by atoms with Gasteiger partial charge in [0.15, 0.2) is 0 Å². The number of nitrogens with one attached hydrogen (secondary N) is 2. The summed E-state index contributed by atoms with van der Waals surface area (Å²) in [7, 11) is 1.88. The zero-order chi connectivity index (χ0) is 18.6. The van der Waals surface area contributed by atoms with E-state index in [1.54, 1.807) is 6.26 Å². The summed E-state index contributed by atoms with van der Waals surface area (Å²) in [4.78, 5) is 17.9. The highest BCUT2D eigenvalue weighted by atomic mass is 16.3. The third-order valence-electron chi connectivity index (χ3n) is 4.92. The van der Waals surface area contributed by atoms with Crippen molar-refractivity contribution in [2.24, 2.45) is 0 Å². The van der Waals surface area contributed by atoms with E-state index >= 15 is 0 Å². The number of hydrogen-bond donors (Lipinski definition) is 2. The Morgan fingerprint density at radius 2 is 2.07 bits per heavy atom. The number of pyridine rings is 1. The van der Waals surface area contributed by atoms with Gasteiger partial charge in [0, 0.05) is 18.5 Å². The standard InChI is InChI=1S/C22H23N3O2/c1-23-11-12-24-22(26)20-17-8-2-3-10-19(17)25-21-15(6-4-9-18(20)21)14-16-7-5-13-27-16/h2-3,5,7-8,10,13-14,23H,4,6,9,11-12H2,1H3,(H,24,26)/b15-14-. The monoisotopic (exact) mass is 361 g/mol. The highest BCUT2D eigenvalue weighted by molar-refractivity contribution is 6.09. The molecular formula is C22H23N3O2. The van der Waals surface area contributed by atoms with Crippen molar-refractivity contribution in [2.45, 2.75) is 19.3 Å². The summed E-state index contributed by atoms with van der Waals surface area (Å²) in [6.07, 6.45) is 6.50. The lowest BCUT2D eigenvalue weighted by Crippen LogP contribution is -2.31. The number of carbonyl (C=O) groups is 1. The molecule has 0 unspecified atom stereocenters. The second-order valence-electron chi connectivity index (χ2n) is 6.73. The third-order valence-corrected chi connectivity index (χ3v) is 4.92. The largest absolute Gasteiger partial charge is 0.465 e. The van der Waals surface area contributed by atoms with Crippen LogP contribution >= 0.6 is 0 Å². The molecule has 138 valence electrons. The van der Waals surface area contributed by atoms with Gasteiger partial charge in [0.25, 0.3) is 5.91 Å². The maximum Gasteiger partial charge on any atom is 0.252 e. The maximum absolute atomic E-state index is 13.0. The molecule has 1 aliphatic rings. The van der Waals surface area contributed by atoms with Crippen molar-refractivity contribution in [1.29, 1.82) is 0 Å². The van der Waals surface area contributed by atoms with Crippen LogP contribution in [0, 0.1) is 0 Å². The van der Waals surface area contributed by atoms with Crippen LogP contribution < -0.4 is 10.6 Å². The first-order valence-electron chi connectivity index (χ1n) is 9.37. The predicted molar refractivity (Wildman–Crippen MR) is 108 cm³/mol. The molecule has 3 aromatic rings. The molecule has 5 nitrogen and oxygen atoms in total. The molecule has 0 radical (unpaired) electrons. The lowest BCUT2D eigenvalue weighted by molar-refractivity contribution is 0.0954. The van der Waals surface area contributed by atoms with Crippen molar-refractivity contribution < 1.29 is 9.21 Å². The van der Waals surface area contributed by atoms with Gasteiger partial charge in [-0.3, -0.25) is 4.79 Å². The van der Waals surface area contributed by atoms with Crippen LogP contribution in [-0.2, 0) is 6.42 Å². The zero-order valence-electron chi connectivity index (χ0n) is 15.4. The molecule has 2 N–H and O–H groups in total. The van der Waals surface area contributed by atoms with E-state index in [9.17, 15) is 4.79 Å². The van der Waals surface area contributed by atoms with Crippen LogP contribution in [0.4, 0.5) is 0 Å². The van der Waals surface area contributed by atoms with Gasteiger partial charge in [-0.1, -0.05) is 18.2 Å². The number of para-hydroxylation sites is 1. The van der Waals surface area contributed by atoms with E-state index in [0.717, 1.165) is 64.9 Å². The Kier molecular flexibility index (Phi) is 5.03. The molecule has 0 saturated carbocycles. The number of fused-ring (bicyclic) bond motifs is 2. The molecule has 0 aliphatic heterocycles. The van der Waals surface area contributed by atoms with E-state index in [-0.39, 0.29) is 5.91 Å². The topological polar surface area (TPSA) is 67.2 Å². The average Bonchev–Trinajstić information content (AvgIpc) is 3.20. The Morgan fingerprint density at radius 1 is 1.19 bits per heavy atom. The fraction of sp³-hybridized carbons (Fsp3) is 0.273. The molecule has 2 aromatic heterocycles. The highest BCUT2D eigenvalue weighted by Gasteiger charge is 2.25. The third kappa shape index (κ3) is 3.51. The van der Waals surface area contributed by atoms with Crippen LogP contribution in [0.2, 0.25) is 0 Å². The van der Waals surface area contributed by atoms with Gasteiger partial charge in [-0.05, 0) is 61.7 Å². The van der Waals surface area contributed by atoms with E-state index in [1.807, 2.05) is 49.5 Å². The molecule has 0 fully saturated rings. The summed E-state index contributed by atoms with van der Waals surface area (Å²) in [5.41, 5.74) is 4.70. The number of hydrogen-bond acceptors (Lipinski definition) is 4. The SMILES string of the molecule is CNCCNC(=O)c1c2c(nc3ccccc13)/C(=C\c1ccco1)CCC2. The van der Waals surface area contributed by atoms with Gasteiger partial charge in [0.1, 0.15) is 5.76 Å². The van der Waals surface area contributed by atoms with Crippen molar-refractivity contribution in [3.63, 3.8) is 0 Å². The summed E-state index contributed by atoms with van der Waals surface area (Å²) in [5, 5.41) is 7.01. The fourth-order valence-electron chi connectivity index (χ4n) is 3.67. The summed E-state index contributed by atoms with van der Waals surface area (Å²) in [6, 6.07) is 11.7. The number of allylic oxidation sites excluding steroid dienone is 1. The Hall–Kier alpha value is -2.92. The maximum atomic E-state index is 13.0. The number of benzene rings is 1. The van der Waals surface area contributed by atoms with Crippen molar-refractivity contribution in [3.8, 4) is 0 Å². The zero-order valence-corrected chi connectivity index (χ0v) is 15.4. The molecule has 1 aromatic carbocycles. The van der Waals surface area contributed by atoms with Crippen molar-refractivity contribution in [2.75, 3.05) is 20.1 Å². The van der Waals surface area contributed by atoms with E-state index < -0.39 is 0 Å². The minimum Gasteiger partial charge on any atom is -0.465 e. The molecule has 4 rings (SSSR count). The van der Waals surface area contributed by atoms with Gasteiger partial charge >= 0.3 is 0 Å². The van der Waals surface area contributed by atoms with E-state index in [4.69, 9.17) is 9.40 Å². The number of furan rings is 1. The van der Waals surface area contributed by atoms with Crippen LogP contribution in [0.15, 0.2) is 47.1 Å². The Balaban J connectivity index is 1.85. The molecule has 1 aliphatic carbocycles. The van der Waals surface area contributed by atoms with E-state index in [2.05, 4.69) is 10.6 Å². The molecule has 0 atom stereocenters. The fourth-order valence-corrected chi connectivity index (χ4v) is 3.67. The number of aromatic nitrogens is 1. The number of carbonyl (C=O) groups excluding carboxylic acids is 1. The van der Waals surface area contributed by atoms with Crippen LogP contribution in [0.5, 0.6) is 0 Å². The molecular weight excluding hydrogens is 338 g/mol. The minimum absolute atomic E-state index is 0.0284. The van der Waals surface area contributed by atoms with Gasteiger partial charge in [-0.15, -0.1) is 0 Å². The molecule has 0 spiro atoms. The second-order valence-corrected chi connectivity index (χ2v) is 6.73. The van der Waals surface area contributed by atoms with Gasteiger partial charge in [-0.2, -0.15) is 0 Å². The van der Waals surface area contributed by atoms with Crippen LogP contribution in [0.1, 0.15) is 40.2 Å².